The number of benzene rings is 1. The maximum Gasteiger partial charge on any atom is 0.340 e. The standard InChI is InChI=1S/C16H25FN2O2/c1-12(2)19(3)9-5-8-18-11-13-6-7-14(15(17)10-13)16(20)21-4/h6-7,10,12,18H,5,8-9,11H2,1-4H3. The van der Waals surface area contributed by atoms with Gasteiger partial charge in [-0.05, 0) is 58.1 Å². The Labute approximate surface area is 126 Å². The minimum absolute atomic E-state index is 0.0280. The second kappa shape index (κ2) is 8.74. The summed E-state index contributed by atoms with van der Waals surface area (Å²) >= 11 is 0. The summed E-state index contributed by atoms with van der Waals surface area (Å²) in [4.78, 5) is 13.6. The van der Waals surface area contributed by atoms with Crippen molar-refractivity contribution >= 4 is 5.97 Å². The van der Waals surface area contributed by atoms with Crippen molar-refractivity contribution in [1.29, 1.82) is 0 Å². The fraction of sp³-hybridized carbons (Fsp3) is 0.562. The first-order valence-electron chi connectivity index (χ1n) is 7.23. The van der Waals surface area contributed by atoms with Gasteiger partial charge in [0.1, 0.15) is 5.82 Å². The minimum Gasteiger partial charge on any atom is -0.465 e. The van der Waals surface area contributed by atoms with Crippen molar-refractivity contribution in [2.75, 3.05) is 27.2 Å². The molecule has 0 aromatic heterocycles. The molecule has 0 aliphatic rings. The Balaban J connectivity index is 2.36. The van der Waals surface area contributed by atoms with Crippen molar-refractivity contribution in [2.24, 2.45) is 0 Å². The predicted molar refractivity (Wildman–Crippen MR) is 81.8 cm³/mol. The molecule has 0 bridgehead atoms. The van der Waals surface area contributed by atoms with Crippen molar-refractivity contribution in [3.63, 3.8) is 0 Å². The number of ether oxygens (including phenoxy) is 1. The van der Waals surface area contributed by atoms with Crippen LogP contribution in [-0.2, 0) is 11.3 Å². The highest BCUT2D eigenvalue weighted by Crippen LogP contribution is 2.11. The number of methoxy groups -OCH3 is 1. The van der Waals surface area contributed by atoms with Gasteiger partial charge < -0.3 is 15.0 Å². The molecule has 0 atom stereocenters. The van der Waals surface area contributed by atoms with Crippen molar-refractivity contribution < 1.29 is 13.9 Å². The predicted octanol–water partition coefficient (Wildman–Crippen LogP) is 2.43. The summed E-state index contributed by atoms with van der Waals surface area (Å²) in [6.07, 6.45) is 1.04. The van der Waals surface area contributed by atoms with Gasteiger partial charge in [-0.2, -0.15) is 0 Å². The quantitative estimate of drug-likeness (QED) is 0.591. The zero-order valence-corrected chi connectivity index (χ0v) is 13.3. The first kappa shape index (κ1) is 17.6. The van der Waals surface area contributed by atoms with Gasteiger partial charge in [-0.25, -0.2) is 9.18 Å². The van der Waals surface area contributed by atoms with Crippen LogP contribution < -0.4 is 5.32 Å². The van der Waals surface area contributed by atoms with E-state index < -0.39 is 11.8 Å². The minimum atomic E-state index is -0.649. The largest absolute Gasteiger partial charge is 0.465 e. The van der Waals surface area contributed by atoms with Crippen molar-refractivity contribution in [2.45, 2.75) is 32.9 Å². The summed E-state index contributed by atoms with van der Waals surface area (Å²) < 4.78 is 18.2. The summed E-state index contributed by atoms with van der Waals surface area (Å²) in [5, 5.41) is 3.28. The number of rotatable bonds is 8. The summed E-state index contributed by atoms with van der Waals surface area (Å²) in [6.45, 7) is 6.82. The van der Waals surface area contributed by atoms with Crippen LogP contribution in [0.5, 0.6) is 0 Å². The highest BCUT2D eigenvalue weighted by molar-refractivity contribution is 5.89. The SMILES string of the molecule is COC(=O)c1ccc(CNCCCN(C)C(C)C)cc1F. The van der Waals surface area contributed by atoms with Gasteiger partial charge >= 0.3 is 5.97 Å². The Bertz CT molecular complexity index is 464. The average Bonchev–Trinajstić information content (AvgIpc) is 2.45. The van der Waals surface area contributed by atoms with E-state index in [0.717, 1.165) is 25.1 Å². The molecule has 4 nitrogen and oxygen atoms in total. The van der Waals surface area contributed by atoms with Crippen molar-refractivity contribution in [3.8, 4) is 0 Å². The number of hydrogen-bond acceptors (Lipinski definition) is 4. The Morgan fingerprint density at radius 3 is 2.71 bits per heavy atom. The van der Waals surface area contributed by atoms with Gasteiger partial charge in [-0.3, -0.25) is 0 Å². The monoisotopic (exact) mass is 296 g/mol. The lowest BCUT2D eigenvalue weighted by Crippen LogP contribution is -2.29. The van der Waals surface area contributed by atoms with Crippen molar-refractivity contribution in [1.82, 2.24) is 10.2 Å². The zero-order chi connectivity index (χ0) is 15.8. The third kappa shape index (κ3) is 5.81. The first-order valence-corrected chi connectivity index (χ1v) is 7.23. The normalized spacial score (nSPS) is 11.2. The van der Waals surface area contributed by atoms with E-state index in [2.05, 4.69) is 35.8 Å². The van der Waals surface area contributed by atoms with Crippen LogP contribution in [0.25, 0.3) is 0 Å². The Morgan fingerprint density at radius 2 is 2.14 bits per heavy atom. The Morgan fingerprint density at radius 1 is 1.43 bits per heavy atom. The molecule has 0 aliphatic carbocycles. The van der Waals surface area contributed by atoms with Crippen molar-refractivity contribution in [3.05, 3.63) is 35.1 Å². The van der Waals surface area contributed by atoms with Gasteiger partial charge in [-0.15, -0.1) is 0 Å². The lowest BCUT2D eigenvalue weighted by atomic mass is 10.1. The number of nitrogens with zero attached hydrogens (tertiary/aromatic N) is 1. The molecule has 1 N–H and O–H groups in total. The Kier molecular flexibility index (Phi) is 7.32. The molecule has 118 valence electrons. The highest BCUT2D eigenvalue weighted by atomic mass is 19.1. The van der Waals surface area contributed by atoms with Crippen LogP contribution in [-0.4, -0.2) is 44.2 Å². The summed E-state index contributed by atoms with van der Waals surface area (Å²) in [6, 6.07) is 5.12. The third-order valence-corrected chi connectivity index (χ3v) is 3.51. The van der Waals surface area contributed by atoms with Crippen LogP contribution in [0.1, 0.15) is 36.2 Å². The summed E-state index contributed by atoms with van der Waals surface area (Å²) in [5.41, 5.74) is 0.789. The zero-order valence-electron chi connectivity index (χ0n) is 13.3. The van der Waals surface area contributed by atoms with E-state index in [9.17, 15) is 9.18 Å². The van der Waals surface area contributed by atoms with Crippen LogP contribution in [0.15, 0.2) is 18.2 Å². The van der Waals surface area contributed by atoms with Gasteiger partial charge in [0, 0.05) is 12.6 Å². The van der Waals surface area contributed by atoms with E-state index in [-0.39, 0.29) is 5.56 Å². The lowest BCUT2D eigenvalue weighted by molar-refractivity contribution is 0.0595. The number of carbonyl (C=O) groups excluding carboxylic acids is 1. The third-order valence-electron chi connectivity index (χ3n) is 3.51. The summed E-state index contributed by atoms with van der Waals surface area (Å²) in [7, 11) is 3.34. The van der Waals surface area contributed by atoms with E-state index in [0.29, 0.717) is 12.6 Å². The van der Waals surface area contributed by atoms with E-state index >= 15 is 0 Å². The molecule has 0 saturated heterocycles. The van der Waals surface area contributed by atoms with Crippen LogP contribution in [0.2, 0.25) is 0 Å². The number of hydrogen-bond donors (Lipinski definition) is 1. The first-order chi connectivity index (χ1) is 9.95. The molecule has 0 spiro atoms. The second-order valence-corrected chi connectivity index (χ2v) is 5.41. The molecule has 0 unspecified atom stereocenters. The van der Waals surface area contributed by atoms with Gasteiger partial charge in [0.25, 0.3) is 0 Å². The molecule has 1 aromatic rings. The van der Waals surface area contributed by atoms with Gasteiger partial charge in [0.2, 0.25) is 0 Å². The van der Waals surface area contributed by atoms with Gasteiger partial charge in [-0.1, -0.05) is 6.07 Å². The number of esters is 1. The van der Waals surface area contributed by atoms with Crippen LogP contribution in [0.3, 0.4) is 0 Å². The van der Waals surface area contributed by atoms with Gasteiger partial charge in [0.05, 0.1) is 12.7 Å². The topological polar surface area (TPSA) is 41.6 Å². The molecule has 0 heterocycles. The maximum absolute atomic E-state index is 13.7. The van der Waals surface area contributed by atoms with E-state index in [1.54, 1.807) is 6.07 Å². The molecule has 1 rings (SSSR count). The Hall–Kier alpha value is -1.46. The van der Waals surface area contributed by atoms with E-state index in [1.165, 1.54) is 19.2 Å². The van der Waals surface area contributed by atoms with Crippen LogP contribution in [0, 0.1) is 5.82 Å². The molecule has 21 heavy (non-hydrogen) atoms. The van der Waals surface area contributed by atoms with Gasteiger partial charge in [0.15, 0.2) is 0 Å². The fourth-order valence-electron chi connectivity index (χ4n) is 1.89. The van der Waals surface area contributed by atoms with Crippen LogP contribution in [0.4, 0.5) is 4.39 Å². The average molecular weight is 296 g/mol. The molecule has 0 fully saturated rings. The smallest absolute Gasteiger partial charge is 0.340 e. The molecule has 1 aromatic carbocycles. The van der Waals surface area contributed by atoms with E-state index in [1.807, 2.05) is 0 Å². The summed E-state index contributed by atoms with van der Waals surface area (Å²) in [5.74, 6) is -1.19. The molecule has 0 saturated carbocycles. The molecular weight excluding hydrogens is 271 g/mol. The fourth-order valence-corrected chi connectivity index (χ4v) is 1.89. The molecule has 5 heteroatoms. The highest BCUT2D eigenvalue weighted by Gasteiger charge is 2.12. The molecule has 0 amide bonds. The molecule has 0 aliphatic heterocycles. The molecule has 0 radical (unpaired) electrons. The second-order valence-electron chi connectivity index (χ2n) is 5.41. The number of halogens is 1. The number of nitrogens with one attached hydrogen (secondary N) is 1. The number of carbonyl (C=O) groups is 1. The molecular formula is C16H25FN2O2. The lowest BCUT2D eigenvalue weighted by Gasteiger charge is -2.20. The van der Waals surface area contributed by atoms with E-state index in [4.69, 9.17) is 0 Å². The van der Waals surface area contributed by atoms with Crippen LogP contribution >= 0.6 is 0 Å². The maximum atomic E-state index is 13.7.